The maximum atomic E-state index is 12.1. The van der Waals surface area contributed by atoms with Crippen LogP contribution in [0.3, 0.4) is 0 Å². The Bertz CT molecular complexity index is 689. The molecule has 20 heavy (non-hydrogen) atoms. The Morgan fingerprint density at radius 2 is 1.85 bits per heavy atom. The number of rotatable bonds is 4. The minimum atomic E-state index is -0.467. The summed E-state index contributed by atoms with van der Waals surface area (Å²) >= 11 is 0. The van der Waals surface area contributed by atoms with Crippen LogP contribution in [0.4, 0.5) is 5.69 Å². The summed E-state index contributed by atoms with van der Waals surface area (Å²) in [5.41, 5.74) is 1.48. The fourth-order valence-electron chi connectivity index (χ4n) is 2.06. The van der Waals surface area contributed by atoms with E-state index in [-0.39, 0.29) is 17.9 Å². The average Bonchev–Trinajstić information content (AvgIpc) is 2.47. The SMILES string of the molecule is CCn1c(-c2ccc([N+](=O)[O-])cc2)ccc(CO)c1=O. The van der Waals surface area contributed by atoms with Gasteiger partial charge in [0.2, 0.25) is 0 Å². The quantitative estimate of drug-likeness (QED) is 0.682. The fourth-order valence-corrected chi connectivity index (χ4v) is 2.06. The van der Waals surface area contributed by atoms with Gasteiger partial charge in [-0.3, -0.25) is 14.9 Å². The van der Waals surface area contributed by atoms with Crippen LogP contribution in [0.5, 0.6) is 0 Å². The van der Waals surface area contributed by atoms with Gasteiger partial charge in [-0.1, -0.05) is 0 Å². The van der Waals surface area contributed by atoms with Gasteiger partial charge >= 0.3 is 0 Å². The molecule has 104 valence electrons. The van der Waals surface area contributed by atoms with Crippen LogP contribution in [0.1, 0.15) is 12.5 Å². The molecule has 0 saturated carbocycles. The normalized spacial score (nSPS) is 10.5. The molecule has 0 unspecified atom stereocenters. The molecule has 0 aliphatic heterocycles. The lowest BCUT2D eigenvalue weighted by molar-refractivity contribution is -0.384. The molecule has 0 bridgehead atoms. The van der Waals surface area contributed by atoms with Crippen molar-refractivity contribution in [2.24, 2.45) is 0 Å². The van der Waals surface area contributed by atoms with E-state index in [1.54, 1.807) is 24.3 Å². The van der Waals surface area contributed by atoms with Crippen molar-refractivity contribution in [1.82, 2.24) is 4.57 Å². The van der Waals surface area contributed by atoms with Gasteiger partial charge in [0.25, 0.3) is 11.2 Å². The van der Waals surface area contributed by atoms with E-state index in [4.69, 9.17) is 5.11 Å². The zero-order chi connectivity index (χ0) is 14.7. The van der Waals surface area contributed by atoms with Gasteiger partial charge in [-0.25, -0.2) is 0 Å². The van der Waals surface area contributed by atoms with Crippen molar-refractivity contribution < 1.29 is 10.0 Å². The molecule has 0 amide bonds. The van der Waals surface area contributed by atoms with E-state index in [0.717, 1.165) is 5.56 Å². The molecule has 1 N–H and O–H groups in total. The van der Waals surface area contributed by atoms with E-state index in [1.807, 2.05) is 6.92 Å². The molecule has 6 heteroatoms. The van der Waals surface area contributed by atoms with Gasteiger partial charge in [0.1, 0.15) is 0 Å². The average molecular weight is 274 g/mol. The molecule has 1 heterocycles. The second-order valence-corrected chi connectivity index (χ2v) is 4.26. The fraction of sp³-hybridized carbons (Fsp3) is 0.214. The highest BCUT2D eigenvalue weighted by molar-refractivity contribution is 5.61. The summed E-state index contributed by atoms with van der Waals surface area (Å²) in [4.78, 5) is 22.3. The van der Waals surface area contributed by atoms with Crippen molar-refractivity contribution >= 4 is 5.69 Å². The van der Waals surface area contributed by atoms with Gasteiger partial charge < -0.3 is 9.67 Å². The van der Waals surface area contributed by atoms with Crippen LogP contribution in [0, 0.1) is 10.1 Å². The summed E-state index contributed by atoms with van der Waals surface area (Å²) in [6.07, 6.45) is 0. The third-order valence-corrected chi connectivity index (χ3v) is 3.11. The second kappa shape index (κ2) is 5.66. The van der Waals surface area contributed by atoms with E-state index in [0.29, 0.717) is 17.8 Å². The minimum absolute atomic E-state index is 0.00567. The lowest BCUT2D eigenvalue weighted by Gasteiger charge is -2.12. The maximum absolute atomic E-state index is 12.1. The first-order valence-electron chi connectivity index (χ1n) is 6.17. The van der Waals surface area contributed by atoms with Crippen molar-refractivity contribution in [2.45, 2.75) is 20.1 Å². The molecule has 6 nitrogen and oxygen atoms in total. The van der Waals surface area contributed by atoms with Gasteiger partial charge in [-0.15, -0.1) is 0 Å². The van der Waals surface area contributed by atoms with Crippen LogP contribution in [-0.2, 0) is 13.2 Å². The predicted octanol–water partition coefficient (Wildman–Crippen LogP) is 1.94. The summed E-state index contributed by atoms with van der Waals surface area (Å²) in [5.74, 6) is 0. The summed E-state index contributed by atoms with van der Waals surface area (Å²) in [5, 5.41) is 19.7. The van der Waals surface area contributed by atoms with Crippen LogP contribution in [-0.4, -0.2) is 14.6 Å². The van der Waals surface area contributed by atoms with Crippen molar-refractivity contribution in [3.63, 3.8) is 0 Å². The topological polar surface area (TPSA) is 85.4 Å². The molecule has 2 aromatic rings. The Hall–Kier alpha value is -2.47. The van der Waals surface area contributed by atoms with Crippen molar-refractivity contribution in [2.75, 3.05) is 0 Å². The van der Waals surface area contributed by atoms with E-state index in [9.17, 15) is 14.9 Å². The molecular formula is C14H14N2O4. The second-order valence-electron chi connectivity index (χ2n) is 4.26. The van der Waals surface area contributed by atoms with Crippen LogP contribution in [0.15, 0.2) is 41.2 Å². The Labute approximate surface area is 115 Å². The number of nitro groups is 1. The standard InChI is InChI=1S/C14H14N2O4/c1-2-15-13(8-5-11(9-17)14(15)18)10-3-6-12(7-4-10)16(19)20/h3-8,17H,2,9H2,1H3. The number of aliphatic hydroxyl groups excluding tert-OH is 1. The molecule has 2 rings (SSSR count). The van der Waals surface area contributed by atoms with Crippen molar-refractivity contribution in [3.05, 3.63) is 62.4 Å². The van der Waals surface area contributed by atoms with E-state index >= 15 is 0 Å². The number of aliphatic hydroxyl groups is 1. The van der Waals surface area contributed by atoms with Crippen molar-refractivity contribution in [1.29, 1.82) is 0 Å². The van der Waals surface area contributed by atoms with E-state index < -0.39 is 4.92 Å². The van der Waals surface area contributed by atoms with Gasteiger partial charge in [0.05, 0.1) is 17.2 Å². The number of non-ortho nitro benzene ring substituents is 1. The van der Waals surface area contributed by atoms with Gasteiger partial charge in [-0.2, -0.15) is 0 Å². The smallest absolute Gasteiger partial charge is 0.269 e. The number of hydrogen-bond donors (Lipinski definition) is 1. The maximum Gasteiger partial charge on any atom is 0.269 e. The van der Waals surface area contributed by atoms with Gasteiger partial charge in [0.15, 0.2) is 0 Å². The Balaban J connectivity index is 2.55. The summed E-state index contributed by atoms with van der Waals surface area (Å²) in [6.45, 7) is 1.98. The van der Waals surface area contributed by atoms with E-state index in [1.165, 1.54) is 16.7 Å². The molecule has 0 aliphatic carbocycles. The highest BCUT2D eigenvalue weighted by Crippen LogP contribution is 2.21. The molecule has 0 fully saturated rings. The van der Waals surface area contributed by atoms with Crippen LogP contribution < -0.4 is 5.56 Å². The van der Waals surface area contributed by atoms with Gasteiger partial charge in [-0.05, 0) is 36.8 Å². The zero-order valence-corrected chi connectivity index (χ0v) is 10.9. The monoisotopic (exact) mass is 274 g/mol. The highest BCUT2D eigenvalue weighted by atomic mass is 16.6. The molecule has 0 atom stereocenters. The highest BCUT2D eigenvalue weighted by Gasteiger charge is 2.10. The lowest BCUT2D eigenvalue weighted by Crippen LogP contribution is -2.24. The number of nitrogens with zero attached hydrogens (tertiary/aromatic N) is 2. The third kappa shape index (κ3) is 2.46. The van der Waals surface area contributed by atoms with Crippen LogP contribution >= 0.6 is 0 Å². The largest absolute Gasteiger partial charge is 0.391 e. The third-order valence-electron chi connectivity index (χ3n) is 3.11. The zero-order valence-electron chi connectivity index (χ0n) is 10.9. The first-order chi connectivity index (χ1) is 9.58. The molecule has 0 aliphatic rings. The number of pyridine rings is 1. The minimum Gasteiger partial charge on any atom is -0.391 e. The molecule has 0 saturated heterocycles. The lowest BCUT2D eigenvalue weighted by atomic mass is 10.1. The first-order valence-corrected chi connectivity index (χ1v) is 6.17. The summed E-state index contributed by atoms with van der Waals surface area (Å²) < 4.78 is 1.53. The Morgan fingerprint density at radius 3 is 2.35 bits per heavy atom. The van der Waals surface area contributed by atoms with Gasteiger partial charge in [0, 0.05) is 24.2 Å². The van der Waals surface area contributed by atoms with E-state index in [2.05, 4.69) is 0 Å². The van der Waals surface area contributed by atoms with Crippen LogP contribution in [0.25, 0.3) is 11.3 Å². The molecule has 0 radical (unpaired) electrons. The number of aromatic nitrogens is 1. The number of benzene rings is 1. The first kappa shape index (κ1) is 14.0. The Morgan fingerprint density at radius 1 is 1.20 bits per heavy atom. The summed E-state index contributed by atoms with van der Waals surface area (Å²) in [7, 11) is 0. The predicted molar refractivity (Wildman–Crippen MR) is 74.4 cm³/mol. The molecule has 0 spiro atoms. The molecular weight excluding hydrogens is 260 g/mol. The number of nitro benzene ring substituents is 1. The van der Waals surface area contributed by atoms with Crippen LogP contribution in [0.2, 0.25) is 0 Å². The Kier molecular flexibility index (Phi) is 3.95. The summed E-state index contributed by atoms with van der Waals surface area (Å²) in [6, 6.07) is 9.33. The van der Waals surface area contributed by atoms with Crippen molar-refractivity contribution in [3.8, 4) is 11.3 Å². The number of hydrogen-bond acceptors (Lipinski definition) is 4. The molecule has 1 aromatic carbocycles. The molecule has 1 aromatic heterocycles.